The Morgan fingerprint density at radius 2 is 1.93 bits per heavy atom. The lowest BCUT2D eigenvalue weighted by molar-refractivity contribution is -0.161. The number of amides is 1. The quantitative estimate of drug-likeness (QED) is 0.569. The van der Waals surface area contributed by atoms with Crippen molar-refractivity contribution in [2.24, 2.45) is 11.3 Å². The third-order valence-electron chi connectivity index (χ3n) is 7.09. The number of carbonyl (C=O) groups excluding carboxylic acids is 2. The smallest absolute Gasteiger partial charge is 0.311 e. The number of esters is 1. The molecule has 0 aromatic heterocycles. The molecule has 2 aliphatic rings. The number of fused-ring (bicyclic) bond motifs is 3. The first-order valence-corrected chi connectivity index (χ1v) is 10.6. The van der Waals surface area contributed by atoms with E-state index >= 15 is 0 Å². The fraction of sp³-hybridized carbons (Fsp3) is 0.636. The Bertz CT molecular complexity index is 838. The molecule has 1 heterocycles. The second-order valence-electron chi connectivity index (χ2n) is 9.03. The minimum atomic E-state index is -0.727. The maximum Gasteiger partial charge on any atom is 0.311 e. The summed E-state index contributed by atoms with van der Waals surface area (Å²) in [6, 6.07) is 1.98. The van der Waals surface area contributed by atoms with Gasteiger partial charge in [0.15, 0.2) is 0 Å². The molecule has 1 amide bonds. The predicted molar refractivity (Wildman–Crippen MR) is 113 cm³/mol. The van der Waals surface area contributed by atoms with Gasteiger partial charge < -0.3 is 9.64 Å². The van der Waals surface area contributed by atoms with Crippen molar-refractivity contribution < 1.29 is 14.3 Å². The lowest BCUT2D eigenvalue weighted by Crippen LogP contribution is -2.51. The largest absolute Gasteiger partial charge is 0.469 e. The summed E-state index contributed by atoms with van der Waals surface area (Å²) in [5.41, 5.74) is 1.42. The van der Waals surface area contributed by atoms with Crippen LogP contribution < -0.4 is 4.90 Å². The van der Waals surface area contributed by atoms with Gasteiger partial charge in [-0.3, -0.25) is 9.59 Å². The van der Waals surface area contributed by atoms with E-state index < -0.39 is 10.8 Å². The molecule has 0 N–H and O–H groups in total. The van der Waals surface area contributed by atoms with Crippen LogP contribution in [0.2, 0.25) is 10.0 Å². The van der Waals surface area contributed by atoms with Crippen molar-refractivity contribution in [3.8, 4) is 0 Å². The SMILES string of the molecule is COC(=O)[C@]1(C)CCC[C@]2(C)c3cc(Cl)c(C(C)C)c(Cl)c3N(C)C(=O)C[C@@H]12. The van der Waals surface area contributed by atoms with Gasteiger partial charge in [0.2, 0.25) is 5.91 Å². The van der Waals surface area contributed by atoms with Gasteiger partial charge in [-0.15, -0.1) is 0 Å². The van der Waals surface area contributed by atoms with E-state index in [-0.39, 0.29) is 30.1 Å². The molecule has 3 atom stereocenters. The number of methoxy groups -OCH3 is 1. The minimum Gasteiger partial charge on any atom is -0.469 e. The number of carbonyl (C=O) groups is 2. The molecule has 1 aliphatic heterocycles. The average molecular weight is 426 g/mol. The molecule has 6 heteroatoms. The Morgan fingerprint density at radius 3 is 2.50 bits per heavy atom. The van der Waals surface area contributed by atoms with E-state index in [1.165, 1.54) is 7.11 Å². The van der Waals surface area contributed by atoms with Crippen molar-refractivity contribution in [3.63, 3.8) is 0 Å². The zero-order valence-electron chi connectivity index (χ0n) is 17.5. The van der Waals surface area contributed by atoms with E-state index in [9.17, 15) is 9.59 Å². The molecule has 28 heavy (non-hydrogen) atoms. The summed E-state index contributed by atoms with van der Waals surface area (Å²) in [5.74, 6) is -0.342. The van der Waals surface area contributed by atoms with E-state index in [1.807, 2.05) is 26.8 Å². The summed E-state index contributed by atoms with van der Waals surface area (Å²) in [5, 5.41) is 1.16. The minimum absolute atomic E-state index is 0.0362. The highest BCUT2D eigenvalue weighted by molar-refractivity contribution is 6.38. The Kier molecular flexibility index (Phi) is 5.52. The van der Waals surface area contributed by atoms with E-state index in [4.69, 9.17) is 27.9 Å². The second-order valence-corrected chi connectivity index (χ2v) is 9.81. The number of benzene rings is 1. The third-order valence-corrected chi connectivity index (χ3v) is 7.79. The first-order valence-electron chi connectivity index (χ1n) is 9.86. The van der Waals surface area contributed by atoms with Crippen LogP contribution in [0.3, 0.4) is 0 Å². The second kappa shape index (κ2) is 7.21. The van der Waals surface area contributed by atoms with Gasteiger partial charge in [0.1, 0.15) is 0 Å². The molecule has 1 aliphatic carbocycles. The number of hydrogen-bond acceptors (Lipinski definition) is 3. The highest BCUT2D eigenvalue weighted by Gasteiger charge is 2.57. The third kappa shape index (κ3) is 2.95. The van der Waals surface area contributed by atoms with Crippen molar-refractivity contribution >= 4 is 40.8 Å². The van der Waals surface area contributed by atoms with Crippen molar-refractivity contribution in [2.75, 3.05) is 19.1 Å². The molecule has 1 saturated carbocycles. The van der Waals surface area contributed by atoms with Gasteiger partial charge in [0.25, 0.3) is 0 Å². The first-order chi connectivity index (χ1) is 13.0. The standard InChI is InChI=1S/C22H29Cl2NO3/c1-12(2)17-14(23)10-13-19(18(17)24)25(5)16(26)11-15-21(13,3)8-7-9-22(15,4)20(27)28-6/h10,12,15H,7-9,11H2,1-6H3/t15-,21-,22-/m1/s1. The zero-order chi connectivity index (χ0) is 21.0. The topological polar surface area (TPSA) is 46.6 Å². The van der Waals surface area contributed by atoms with Gasteiger partial charge >= 0.3 is 5.97 Å². The molecular weight excluding hydrogens is 397 g/mol. The number of halogens is 2. The first kappa shape index (κ1) is 21.4. The van der Waals surface area contributed by atoms with Gasteiger partial charge in [-0.1, -0.05) is 50.4 Å². The van der Waals surface area contributed by atoms with E-state index in [0.717, 1.165) is 29.7 Å². The number of ether oxygens (including phenoxy) is 1. The van der Waals surface area contributed by atoms with Crippen LogP contribution in [-0.4, -0.2) is 26.0 Å². The van der Waals surface area contributed by atoms with Gasteiger partial charge in [-0.05, 0) is 54.2 Å². The Morgan fingerprint density at radius 1 is 1.29 bits per heavy atom. The van der Waals surface area contributed by atoms with Crippen molar-refractivity contribution in [2.45, 2.75) is 64.7 Å². The van der Waals surface area contributed by atoms with Gasteiger partial charge in [-0.2, -0.15) is 0 Å². The number of anilines is 1. The lowest BCUT2D eigenvalue weighted by Gasteiger charge is -2.50. The summed E-state index contributed by atoms with van der Waals surface area (Å²) in [7, 11) is 3.18. The molecule has 0 radical (unpaired) electrons. The fourth-order valence-electron chi connectivity index (χ4n) is 5.48. The summed E-state index contributed by atoms with van der Waals surface area (Å²) in [6.07, 6.45) is 2.72. The number of rotatable bonds is 2. The summed E-state index contributed by atoms with van der Waals surface area (Å²) < 4.78 is 5.16. The fourth-order valence-corrected chi connectivity index (χ4v) is 6.50. The summed E-state index contributed by atoms with van der Waals surface area (Å²) in [4.78, 5) is 27.6. The van der Waals surface area contributed by atoms with Crippen LogP contribution in [0, 0.1) is 11.3 Å². The maximum atomic E-state index is 13.2. The molecule has 4 nitrogen and oxygen atoms in total. The molecular formula is C22H29Cl2NO3. The Hall–Kier alpha value is -1.26. The van der Waals surface area contributed by atoms with Gasteiger partial charge in [0, 0.05) is 18.5 Å². The number of hydrogen-bond donors (Lipinski definition) is 0. The zero-order valence-corrected chi connectivity index (χ0v) is 19.0. The Balaban J connectivity index is 2.33. The highest BCUT2D eigenvalue weighted by Crippen LogP contribution is 2.59. The molecule has 0 bridgehead atoms. The number of nitrogens with zero attached hydrogens (tertiary/aromatic N) is 1. The highest BCUT2D eigenvalue weighted by atomic mass is 35.5. The van der Waals surface area contributed by atoms with Crippen LogP contribution >= 0.6 is 23.2 Å². The molecule has 1 aromatic rings. The van der Waals surface area contributed by atoms with Crippen LogP contribution in [0.25, 0.3) is 0 Å². The van der Waals surface area contributed by atoms with E-state index in [2.05, 4.69) is 6.92 Å². The monoisotopic (exact) mass is 425 g/mol. The maximum absolute atomic E-state index is 13.2. The molecule has 0 saturated heterocycles. The molecule has 3 rings (SSSR count). The Labute approximate surface area is 177 Å². The predicted octanol–water partition coefficient (Wildman–Crippen LogP) is 5.72. The van der Waals surface area contributed by atoms with Crippen molar-refractivity contribution in [1.82, 2.24) is 0 Å². The normalized spacial score (nSPS) is 30.0. The van der Waals surface area contributed by atoms with Crippen LogP contribution in [0.5, 0.6) is 0 Å². The van der Waals surface area contributed by atoms with Crippen molar-refractivity contribution in [1.29, 1.82) is 0 Å². The van der Waals surface area contributed by atoms with E-state index in [0.29, 0.717) is 16.5 Å². The van der Waals surface area contributed by atoms with Gasteiger partial charge in [-0.25, -0.2) is 0 Å². The van der Waals surface area contributed by atoms with Crippen LogP contribution in [0.15, 0.2) is 6.07 Å². The molecule has 154 valence electrons. The van der Waals surface area contributed by atoms with E-state index in [1.54, 1.807) is 11.9 Å². The lowest BCUT2D eigenvalue weighted by atomic mass is 9.53. The van der Waals surface area contributed by atoms with Crippen LogP contribution in [0.4, 0.5) is 5.69 Å². The average Bonchev–Trinajstić information content (AvgIpc) is 2.70. The summed E-state index contributed by atoms with van der Waals surface area (Å²) >= 11 is 13.5. The van der Waals surface area contributed by atoms with Crippen LogP contribution in [-0.2, 0) is 19.7 Å². The summed E-state index contributed by atoms with van der Waals surface area (Å²) in [6.45, 7) is 8.16. The molecule has 1 fully saturated rings. The van der Waals surface area contributed by atoms with Crippen LogP contribution in [0.1, 0.15) is 70.4 Å². The van der Waals surface area contributed by atoms with Gasteiger partial charge in [0.05, 0.1) is 23.2 Å². The molecule has 0 spiro atoms. The molecule has 1 aromatic carbocycles. The molecule has 0 unspecified atom stereocenters. The van der Waals surface area contributed by atoms with Crippen molar-refractivity contribution in [3.05, 3.63) is 27.2 Å².